The first-order chi connectivity index (χ1) is 13.5. The predicted octanol–water partition coefficient (Wildman–Crippen LogP) is 3.36. The molecule has 2 aromatic heterocycles. The van der Waals surface area contributed by atoms with Crippen LogP contribution in [0.15, 0.2) is 41.5 Å². The molecule has 1 N–H and O–H groups in total. The molecule has 0 spiro atoms. The van der Waals surface area contributed by atoms with E-state index in [1.54, 1.807) is 19.1 Å². The van der Waals surface area contributed by atoms with Crippen LogP contribution in [0.3, 0.4) is 0 Å². The van der Waals surface area contributed by atoms with Crippen molar-refractivity contribution in [3.8, 4) is 0 Å². The number of aromatic nitrogens is 2. The smallest absolute Gasteiger partial charge is 0.326 e. The molecule has 0 fully saturated rings. The summed E-state index contributed by atoms with van der Waals surface area (Å²) in [5.74, 6) is -0.775. The SMILES string of the molecule is CCCCOC(=O)Cn1cnc2sc(C(=O)Nc3ccccc3)c(C)c2c1=O. The highest BCUT2D eigenvalue weighted by molar-refractivity contribution is 7.20. The van der Waals surface area contributed by atoms with Crippen LogP contribution in [0.4, 0.5) is 5.69 Å². The van der Waals surface area contributed by atoms with E-state index in [-0.39, 0.29) is 18.0 Å². The third-order valence-electron chi connectivity index (χ3n) is 4.22. The number of aryl methyl sites for hydroxylation is 1. The summed E-state index contributed by atoms with van der Waals surface area (Å²) in [6.07, 6.45) is 3.02. The lowest BCUT2D eigenvalue weighted by Gasteiger charge is -2.06. The van der Waals surface area contributed by atoms with Crippen LogP contribution in [0.5, 0.6) is 0 Å². The Labute approximate surface area is 166 Å². The third kappa shape index (κ3) is 4.28. The van der Waals surface area contributed by atoms with E-state index >= 15 is 0 Å². The Morgan fingerprint density at radius 1 is 1.25 bits per heavy atom. The van der Waals surface area contributed by atoms with E-state index in [1.165, 1.54) is 10.9 Å². The van der Waals surface area contributed by atoms with Gasteiger partial charge in [0.2, 0.25) is 0 Å². The molecule has 0 saturated carbocycles. The number of para-hydroxylation sites is 1. The standard InChI is InChI=1S/C20H21N3O4S/c1-3-4-10-27-15(24)11-23-12-21-19-16(20(23)26)13(2)17(28-19)18(25)22-14-8-6-5-7-9-14/h5-9,12H,3-4,10-11H2,1-2H3,(H,22,25). The fourth-order valence-electron chi connectivity index (χ4n) is 2.71. The highest BCUT2D eigenvalue weighted by atomic mass is 32.1. The Balaban J connectivity index is 1.85. The molecular formula is C20H21N3O4S. The van der Waals surface area contributed by atoms with Crippen LogP contribution in [0, 0.1) is 6.92 Å². The maximum atomic E-state index is 12.8. The van der Waals surface area contributed by atoms with Gasteiger partial charge in [0.25, 0.3) is 11.5 Å². The Morgan fingerprint density at radius 2 is 2.00 bits per heavy atom. The zero-order chi connectivity index (χ0) is 20.1. The average Bonchev–Trinajstić information content (AvgIpc) is 3.02. The van der Waals surface area contributed by atoms with Crippen molar-refractivity contribution in [3.63, 3.8) is 0 Å². The van der Waals surface area contributed by atoms with Gasteiger partial charge in [0.05, 0.1) is 23.2 Å². The summed E-state index contributed by atoms with van der Waals surface area (Å²) in [4.78, 5) is 42.5. The quantitative estimate of drug-likeness (QED) is 0.486. The van der Waals surface area contributed by atoms with Gasteiger partial charge in [-0.1, -0.05) is 31.5 Å². The number of amides is 1. The second kappa shape index (κ2) is 8.79. The molecule has 0 unspecified atom stereocenters. The first-order valence-electron chi connectivity index (χ1n) is 9.01. The minimum atomic E-state index is -0.480. The highest BCUT2D eigenvalue weighted by Crippen LogP contribution is 2.27. The number of benzene rings is 1. The number of nitrogens with zero attached hydrogens (tertiary/aromatic N) is 2. The minimum Gasteiger partial charge on any atom is -0.464 e. The number of rotatable bonds is 7. The number of fused-ring (bicyclic) bond motifs is 1. The van der Waals surface area contributed by atoms with Crippen molar-refractivity contribution in [2.45, 2.75) is 33.2 Å². The van der Waals surface area contributed by atoms with E-state index in [9.17, 15) is 14.4 Å². The maximum absolute atomic E-state index is 12.8. The van der Waals surface area contributed by atoms with E-state index < -0.39 is 5.97 Å². The first kappa shape index (κ1) is 19.8. The second-order valence-corrected chi connectivity index (χ2v) is 7.31. The molecule has 0 radical (unpaired) electrons. The molecule has 8 heteroatoms. The van der Waals surface area contributed by atoms with Crippen LogP contribution in [0.25, 0.3) is 10.2 Å². The minimum absolute atomic E-state index is 0.202. The topological polar surface area (TPSA) is 90.3 Å². The molecule has 3 aromatic rings. The van der Waals surface area contributed by atoms with Gasteiger partial charge < -0.3 is 10.1 Å². The van der Waals surface area contributed by atoms with E-state index in [4.69, 9.17) is 4.74 Å². The van der Waals surface area contributed by atoms with E-state index in [2.05, 4.69) is 10.3 Å². The van der Waals surface area contributed by atoms with Crippen molar-refractivity contribution < 1.29 is 14.3 Å². The first-order valence-corrected chi connectivity index (χ1v) is 9.83. The average molecular weight is 399 g/mol. The van der Waals surface area contributed by atoms with Crippen molar-refractivity contribution in [1.82, 2.24) is 9.55 Å². The van der Waals surface area contributed by atoms with Gasteiger partial charge in [0, 0.05) is 5.69 Å². The number of unbranched alkanes of at least 4 members (excludes halogenated alkanes) is 1. The zero-order valence-electron chi connectivity index (χ0n) is 15.7. The molecule has 146 valence electrons. The number of ether oxygens (including phenoxy) is 1. The Kier molecular flexibility index (Phi) is 6.20. The van der Waals surface area contributed by atoms with Gasteiger partial charge in [-0.3, -0.25) is 19.0 Å². The van der Waals surface area contributed by atoms with Crippen LogP contribution in [0.1, 0.15) is 35.0 Å². The molecule has 1 amide bonds. The van der Waals surface area contributed by atoms with Crippen molar-refractivity contribution in [2.75, 3.05) is 11.9 Å². The Hall–Kier alpha value is -3.00. The lowest BCUT2D eigenvalue weighted by Crippen LogP contribution is -2.26. The molecule has 0 saturated heterocycles. The lowest BCUT2D eigenvalue weighted by atomic mass is 10.2. The number of carbonyl (C=O) groups is 2. The van der Waals surface area contributed by atoms with Gasteiger partial charge in [-0.15, -0.1) is 11.3 Å². The largest absolute Gasteiger partial charge is 0.464 e. The summed E-state index contributed by atoms with van der Waals surface area (Å²) in [5, 5.41) is 3.17. The van der Waals surface area contributed by atoms with E-state index in [0.717, 1.165) is 24.2 Å². The molecule has 0 aliphatic heterocycles. The van der Waals surface area contributed by atoms with Gasteiger partial charge in [0.15, 0.2) is 0 Å². The molecule has 0 aliphatic carbocycles. The number of thiophene rings is 1. The summed E-state index contributed by atoms with van der Waals surface area (Å²) in [7, 11) is 0. The van der Waals surface area contributed by atoms with Crippen LogP contribution >= 0.6 is 11.3 Å². The number of nitrogens with one attached hydrogen (secondary N) is 1. The van der Waals surface area contributed by atoms with Gasteiger partial charge >= 0.3 is 5.97 Å². The number of hydrogen-bond acceptors (Lipinski definition) is 6. The van der Waals surface area contributed by atoms with Gasteiger partial charge in [-0.05, 0) is 31.0 Å². The predicted molar refractivity (Wildman–Crippen MR) is 109 cm³/mol. The molecule has 2 heterocycles. The summed E-state index contributed by atoms with van der Waals surface area (Å²) in [6, 6.07) is 9.09. The van der Waals surface area contributed by atoms with Crippen LogP contribution in [-0.2, 0) is 16.1 Å². The van der Waals surface area contributed by atoms with Crippen LogP contribution in [0.2, 0.25) is 0 Å². The number of hydrogen-bond donors (Lipinski definition) is 1. The molecule has 7 nitrogen and oxygen atoms in total. The molecule has 0 atom stereocenters. The molecule has 28 heavy (non-hydrogen) atoms. The molecule has 1 aromatic carbocycles. The second-order valence-electron chi connectivity index (χ2n) is 6.31. The highest BCUT2D eigenvalue weighted by Gasteiger charge is 2.20. The van der Waals surface area contributed by atoms with Crippen molar-refractivity contribution in [2.24, 2.45) is 0 Å². The monoisotopic (exact) mass is 399 g/mol. The normalized spacial score (nSPS) is 10.8. The van der Waals surface area contributed by atoms with E-state index in [1.807, 2.05) is 25.1 Å². The summed E-state index contributed by atoms with van der Waals surface area (Å²) in [5.41, 5.74) is 0.870. The molecule has 0 aliphatic rings. The van der Waals surface area contributed by atoms with Gasteiger partial charge in [-0.25, -0.2) is 4.98 Å². The number of esters is 1. The van der Waals surface area contributed by atoms with Crippen molar-refractivity contribution in [1.29, 1.82) is 0 Å². The molecular weight excluding hydrogens is 378 g/mol. The van der Waals surface area contributed by atoms with Crippen LogP contribution < -0.4 is 10.9 Å². The van der Waals surface area contributed by atoms with E-state index in [0.29, 0.717) is 33.0 Å². The lowest BCUT2D eigenvalue weighted by molar-refractivity contribution is -0.144. The molecule has 3 rings (SSSR count). The fourth-order valence-corrected chi connectivity index (χ4v) is 3.75. The Bertz CT molecular complexity index is 1060. The van der Waals surface area contributed by atoms with Crippen molar-refractivity contribution in [3.05, 3.63) is 57.5 Å². The Morgan fingerprint density at radius 3 is 2.71 bits per heavy atom. The fraction of sp³-hybridized carbons (Fsp3) is 0.300. The van der Waals surface area contributed by atoms with Gasteiger partial charge in [0.1, 0.15) is 11.4 Å². The van der Waals surface area contributed by atoms with Gasteiger partial charge in [-0.2, -0.15) is 0 Å². The summed E-state index contributed by atoms with van der Waals surface area (Å²) in [6.45, 7) is 3.85. The number of carbonyl (C=O) groups excluding carboxylic acids is 2. The number of anilines is 1. The third-order valence-corrected chi connectivity index (χ3v) is 5.41. The zero-order valence-corrected chi connectivity index (χ0v) is 16.5. The summed E-state index contributed by atoms with van der Waals surface area (Å²) < 4.78 is 6.32. The maximum Gasteiger partial charge on any atom is 0.326 e. The van der Waals surface area contributed by atoms with Crippen molar-refractivity contribution >= 4 is 39.1 Å². The summed E-state index contributed by atoms with van der Waals surface area (Å²) >= 11 is 1.16. The molecule has 0 bridgehead atoms. The van der Waals surface area contributed by atoms with Crippen LogP contribution in [-0.4, -0.2) is 28.0 Å².